The fourth-order valence-electron chi connectivity index (χ4n) is 0.281. The first kappa shape index (κ1) is 7.34. The van der Waals surface area contributed by atoms with Crippen molar-refractivity contribution in [2.24, 2.45) is 0 Å². The van der Waals surface area contributed by atoms with Gasteiger partial charge in [-0.3, -0.25) is 0 Å². The first-order chi connectivity index (χ1) is 3.68. The normalized spacial score (nSPS) is 8.38. The third-order valence-corrected chi connectivity index (χ3v) is 0.709. The van der Waals surface area contributed by atoms with Crippen LogP contribution in [0.1, 0.15) is 20.8 Å². The second kappa shape index (κ2) is 3.36. The minimum atomic E-state index is 0.0486. The van der Waals surface area contributed by atoms with Crippen LogP contribution in [0.3, 0.4) is 0 Å². The van der Waals surface area contributed by atoms with Gasteiger partial charge in [-0.25, -0.2) is 0 Å². The largest absolute Gasteiger partial charge is 0.481 e. The SMILES string of the molecule is CCOC(O)=C(C)C. The summed E-state index contributed by atoms with van der Waals surface area (Å²) in [6, 6.07) is 0. The second-order valence-electron chi connectivity index (χ2n) is 1.74. The molecule has 0 unspecified atom stereocenters. The molecule has 0 heterocycles. The topological polar surface area (TPSA) is 29.5 Å². The molecule has 0 spiro atoms. The van der Waals surface area contributed by atoms with Gasteiger partial charge < -0.3 is 9.84 Å². The van der Waals surface area contributed by atoms with Gasteiger partial charge in [0.15, 0.2) is 0 Å². The van der Waals surface area contributed by atoms with Crippen LogP contribution in [0.15, 0.2) is 11.5 Å². The third-order valence-electron chi connectivity index (χ3n) is 0.709. The zero-order valence-electron chi connectivity index (χ0n) is 5.56. The molecule has 2 nitrogen and oxygen atoms in total. The van der Waals surface area contributed by atoms with E-state index in [1.165, 1.54) is 0 Å². The first-order valence-electron chi connectivity index (χ1n) is 2.67. The summed E-state index contributed by atoms with van der Waals surface area (Å²) in [6.45, 7) is 5.95. The quantitative estimate of drug-likeness (QED) is 0.558. The van der Waals surface area contributed by atoms with Gasteiger partial charge in [0.1, 0.15) is 0 Å². The van der Waals surface area contributed by atoms with Crippen LogP contribution in [0.25, 0.3) is 0 Å². The van der Waals surface area contributed by atoms with Crippen LogP contribution in [-0.4, -0.2) is 11.7 Å². The summed E-state index contributed by atoms with van der Waals surface area (Å²) >= 11 is 0. The summed E-state index contributed by atoms with van der Waals surface area (Å²) in [5, 5.41) is 8.78. The summed E-state index contributed by atoms with van der Waals surface area (Å²) in [5.41, 5.74) is 0.812. The minimum absolute atomic E-state index is 0.0486. The molecular formula is C6H12O2. The molecule has 0 aromatic heterocycles. The maximum atomic E-state index is 8.78. The Bertz CT molecular complexity index is 90.7. The van der Waals surface area contributed by atoms with Crippen LogP contribution in [-0.2, 0) is 4.74 Å². The van der Waals surface area contributed by atoms with Crippen LogP contribution in [0, 0.1) is 0 Å². The van der Waals surface area contributed by atoms with Crippen molar-refractivity contribution in [2.45, 2.75) is 20.8 Å². The van der Waals surface area contributed by atoms with Crippen molar-refractivity contribution < 1.29 is 9.84 Å². The molecule has 0 atom stereocenters. The highest BCUT2D eigenvalue weighted by atomic mass is 16.6. The predicted octanol–water partition coefficient (Wildman–Crippen LogP) is 1.83. The monoisotopic (exact) mass is 116 g/mol. The molecule has 0 saturated heterocycles. The van der Waals surface area contributed by atoms with Crippen LogP contribution >= 0.6 is 0 Å². The van der Waals surface area contributed by atoms with Gasteiger partial charge in [-0.2, -0.15) is 0 Å². The maximum Gasteiger partial charge on any atom is 0.275 e. The average molecular weight is 116 g/mol. The van der Waals surface area contributed by atoms with E-state index in [1.54, 1.807) is 13.8 Å². The Morgan fingerprint density at radius 2 is 2.00 bits per heavy atom. The molecule has 0 aliphatic rings. The molecule has 2 heteroatoms. The molecule has 0 fully saturated rings. The van der Waals surface area contributed by atoms with Gasteiger partial charge in [0.05, 0.1) is 6.61 Å². The van der Waals surface area contributed by atoms with Crippen LogP contribution in [0.5, 0.6) is 0 Å². The molecule has 0 aromatic carbocycles. The lowest BCUT2D eigenvalue weighted by Crippen LogP contribution is -1.91. The van der Waals surface area contributed by atoms with Crippen molar-refractivity contribution in [1.82, 2.24) is 0 Å². The number of aliphatic hydroxyl groups is 1. The standard InChI is InChI=1S/C6H12O2/c1-4-8-6(7)5(2)3/h7H,4H2,1-3H3. The third kappa shape index (κ3) is 2.50. The first-order valence-corrected chi connectivity index (χ1v) is 2.67. The zero-order chi connectivity index (χ0) is 6.57. The van der Waals surface area contributed by atoms with Crippen LogP contribution in [0.2, 0.25) is 0 Å². The van der Waals surface area contributed by atoms with Crippen molar-refractivity contribution in [2.75, 3.05) is 6.61 Å². The molecule has 48 valence electrons. The number of ether oxygens (including phenoxy) is 1. The zero-order valence-corrected chi connectivity index (χ0v) is 5.56. The molecule has 0 saturated carbocycles. The molecule has 0 aliphatic carbocycles. The molecule has 0 radical (unpaired) electrons. The van der Waals surface area contributed by atoms with E-state index in [4.69, 9.17) is 9.84 Å². The van der Waals surface area contributed by atoms with Crippen molar-refractivity contribution in [1.29, 1.82) is 0 Å². The number of aliphatic hydroxyl groups excluding tert-OH is 1. The Labute approximate surface area is 49.8 Å². The van der Waals surface area contributed by atoms with E-state index >= 15 is 0 Å². The van der Waals surface area contributed by atoms with Gasteiger partial charge in [0.25, 0.3) is 5.95 Å². The van der Waals surface area contributed by atoms with E-state index in [-0.39, 0.29) is 5.95 Å². The van der Waals surface area contributed by atoms with Crippen LogP contribution in [0.4, 0.5) is 0 Å². The van der Waals surface area contributed by atoms with Gasteiger partial charge in [0.2, 0.25) is 0 Å². The van der Waals surface area contributed by atoms with Crippen molar-refractivity contribution >= 4 is 0 Å². The summed E-state index contributed by atoms with van der Waals surface area (Å²) < 4.78 is 4.74. The molecule has 8 heavy (non-hydrogen) atoms. The molecule has 0 aliphatic heterocycles. The fraction of sp³-hybridized carbons (Fsp3) is 0.667. The Hall–Kier alpha value is -0.660. The molecule has 0 rings (SSSR count). The van der Waals surface area contributed by atoms with Crippen molar-refractivity contribution in [3.63, 3.8) is 0 Å². The van der Waals surface area contributed by atoms with E-state index in [9.17, 15) is 0 Å². The minimum Gasteiger partial charge on any atom is -0.481 e. The molecule has 0 aromatic rings. The fourth-order valence-corrected chi connectivity index (χ4v) is 0.281. The van der Waals surface area contributed by atoms with Gasteiger partial charge in [0, 0.05) is 5.57 Å². The van der Waals surface area contributed by atoms with Crippen LogP contribution < -0.4 is 0 Å². The van der Waals surface area contributed by atoms with Gasteiger partial charge >= 0.3 is 0 Å². The average Bonchev–Trinajstić information content (AvgIpc) is 1.67. The van der Waals surface area contributed by atoms with E-state index in [2.05, 4.69) is 0 Å². The summed E-state index contributed by atoms with van der Waals surface area (Å²) in [4.78, 5) is 0. The summed E-state index contributed by atoms with van der Waals surface area (Å²) in [6.07, 6.45) is 0. The number of hydrogen-bond donors (Lipinski definition) is 1. The van der Waals surface area contributed by atoms with E-state index in [0.29, 0.717) is 6.61 Å². The highest BCUT2D eigenvalue weighted by Crippen LogP contribution is 1.98. The Morgan fingerprint density at radius 3 is 2.12 bits per heavy atom. The Balaban J connectivity index is 3.62. The number of rotatable bonds is 2. The number of allylic oxidation sites excluding steroid dienone is 1. The van der Waals surface area contributed by atoms with E-state index in [1.807, 2.05) is 6.92 Å². The van der Waals surface area contributed by atoms with Crippen molar-refractivity contribution in [3.8, 4) is 0 Å². The Kier molecular flexibility index (Phi) is 3.08. The highest BCUT2D eigenvalue weighted by molar-refractivity contribution is 4.92. The lowest BCUT2D eigenvalue weighted by atomic mass is 10.4. The molecule has 0 amide bonds. The predicted molar refractivity (Wildman–Crippen MR) is 32.6 cm³/mol. The molecular weight excluding hydrogens is 104 g/mol. The van der Waals surface area contributed by atoms with E-state index in [0.717, 1.165) is 5.57 Å². The summed E-state index contributed by atoms with van der Waals surface area (Å²) in [5.74, 6) is 0.0486. The lowest BCUT2D eigenvalue weighted by Gasteiger charge is -2.00. The highest BCUT2D eigenvalue weighted by Gasteiger charge is 1.90. The van der Waals surface area contributed by atoms with Gasteiger partial charge in [-0.15, -0.1) is 0 Å². The molecule has 1 N–H and O–H groups in total. The molecule has 0 bridgehead atoms. The lowest BCUT2D eigenvalue weighted by molar-refractivity contribution is 0.0980. The Morgan fingerprint density at radius 1 is 1.50 bits per heavy atom. The van der Waals surface area contributed by atoms with Gasteiger partial charge in [-0.1, -0.05) is 0 Å². The van der Waals surface area contributed by atoms with Gasteiger partial charge in [-0.05, 0) is 20.8 Å². The number of hydrogen-bond acceptors (Lipinski definition) is 2. The summed E-state index contributed by atoms with van der Waals surface area (Å²) in [7, 11) is 0. The smallest absolute Gasteiger partial charge is 0.275 e. The van der Waals surface area contributed by atoms with Crippen molar-refractivity contribution in [3.05, 3.63) is 11.5 Å². The maximum absolute atomic E-state index is 8.78. The van der Waals surface area contributed by atoms with E-state index < -0.39 is 0 Å². The second-order valence-corrected chi connectivity index (χ2v) is 1.74.